The van der Waals surface area contributed by atoms with Gasteiger partial charge in [0.25, 0.3) is 0 Å². The van der Waals surface area contributed by atoms with E-state index in [1.54, 1.807) is 0 Å². The van der Waals surface area contributed by atoms with Gasteiger partial charge in [0.2, 0.25) is 11.8 Å². The Kier molecular flexibility index (Phi) is 7.25. The van der Waals surface area contributed by atoms with Crippen molar-refractivity contribution in [3.63, 3.8) is 0 Å². The van der Waals surface area contributed by atoms with Crippen molar-refractivity contribution in [3.05, 3.63) is 70.7 Å². The first-order chi connectivity index (χ1) is 15.1. The van der Waals surface area contributed by atoms with E-state index in [1.165, 1.54) is 5.56 Å². The quantitative estimate of drug-likeness (QED) is 0.695. The molecule has 2 N–H and O–H groups in total. The summed E-state index contributed by atoms with van der Waals surface area (Å²) in [6.45, 7) is 2.96. The van der Waals surface area contributed by atoms with Gasteiger partial charge >= 0.3 is 0 Å². The molecule has 6 heteroatoms. The number of carbonyl (C=O) groups excluding carboxylic acids is 2. The van der Waals surface area contributed by atoms with E-state index in [0.29, 0.717) is 36.9 Å². The summed E-state index contributed by atoms with van der Waals surface area (Å²) in [5.74, 6) is 0.677. The Morgan fingerprint density at radius 2 is 1.71 bits per heavy atom. The number of carbonyl (C=O) groups is 2. The van der Waals surface area contributed by atoms with E-state index in [1.807, 2.05) is 35.2 Å². The molecule has 2 amide bonds. The minimum absolute atomic E-state index is 0.00411. The molecule has 0 spiro atoms. The number of rotatable bonds is 7. The molecule has 2 aliphatic heterocycles. The fourth-order valence-corrected chi connectivity index (χ4v) is 4.53. The first-order valence-electron chi connectivity index (χ1n) is 11.2. The standard InChI is InChI=1S/C25H30ClN3O2/c26-22-8-6-18(7-9-22)14-23(28-25(31)21-16-27-17-21)15-24(30)29-12-10-20(11-13-29)19-4-2-1-3-5-19/h1-9,20-21,23,27H,10-17H2,(H,28,31)/t23-/m0/s1. The van der Waals surface area contributed by atoms with E-state index in [2.05, 4.69) is 34.9 Å². The van der Waals surface area contributed by atoms with Gasteiger partial charge in [0.05, 0.1) is 5.92 Å². The fraction of sp³-hybridized carbons (Fsp3) is 0.440. The molecule has 1 atom stereocenters. The molecule has 5 nitrogen and oxygen atoms in total. The van der Waals surface area contributed by atoms with Crippen molar-refractivity contribution in [1.82, 2.24) is 15.5 Å². The zero-order chi connectivity index (χ0) is 21.6. The van der Waals surface area contributed by atoms with Crippen LogP contribution in [0.2, 0.25) is 5.02 Å². The second kappa shape index (κ2) is 10.3. The number of benzene rings is 2. The van der Waals surface area contributed by atoms with Gasteiger partial charge in [-0.3, -0.25) is 9.59 Å². The van der Waals surface area contributed by atoms with Crippen molar-refractivity contribution in [2.45, 2.75) is 37.6 Å². The number of likely N-dealkylation sites (tertiary alicyclic amines) is 1. The third-order valence-electron chi connectivity index (χ3n) is 6.43. The minimum Gasteiger partial charge on any atom is -0.352 e. The van der Waals surface area contributed by atoms with E-state index in [9.17, 15) is 9.59 Å². The first-order valence-corrected chi connectivity index (χ1v) is 11.5. The van der Waals surface area contributed by atoms with Crippen LogP contribution in [0.15, 0.2) is 54.6 Å². The molecule has 2 aliphatic rings. The predicted molar refractivity (Wildman–Crippen MR) is 123 cm³/mol. The second-order valence-electron chi connectivity index (χ2n) is 8.66. The van der Waals surface area contributed by atoms with Gasteiger partial charge in [0, 0.05) is 43.7 Å². The molecule has 31 heavy (non-hydrogen) atoms. The molecule has 0 unspecified atom stereocenters. The molecule has 2 aromatic rings. The van der Waals surface area contributed by atoms with Gasteiger partial charge in [-0.05, 0) is 48.4 Å². The number of halogens is 1. The number of nitrogens with one attached hydrogen (secondary N) is 2. The lowest BCUT2D eigenvalue weighted by Crippen LogP contribution is -2.53. The topological polar surface area (TPSA) is 61.4 Å². The zero-order valence-corrected chi connectivity index (χ0v) is 18.5. The summed E-state index contributed by atoms with van der Waals surface area (Å²) in [7, 11) is 0. The molecular weight excluding hydrogens is 410 g/mol. The van der Waals surface area contributed by atoms with Crippen LogP contribution in [0, 0.1) is 5.92 Å². The smallest absolute Gasteiger partial charge is 0.225 e. The van der Waals surface area contributed by atoms with E-state index in [-0.39, 0.29) is 23.8 Å². The molecule has 0 aliphatic carbocycles. The monoisotopic (exact) mass is 439 g/mol. The van der Waals surface area contributed by atoms with Crippen LogP contribution in [-0.4, -0.2) is 48.9 Å². The lowest BCUT2D eigenvalue weighted by Gasteiger charge is -2.34. The van der Waals surface area contributed by atoms with E-state index < -0.39 is 0 Å². The lowest BCUT2D eigenvalue weighted by molar-refractivity contribution is -0.133. The Balaban J connectivity index is 1.35. The highest BCUT2D eigenvalue weighted by atomic mass is 35.5. The summed E-state index contributed by atoms with van der Waals surface area (Å²) in [6.07, 6.45) is 2.91. The van der Waals surface area contributed by atoms with E-state index >= 15 is 0 Å². The molecular formula is C25H30ClN3O2. The van der Waals surface area contributed by atoms with E-state index in [0.717, 1.165) is 31.5 Å². The van der Waals surface area contributed by atoms with Crippen LogP contribution in [0.3, 0.4) is 0 Å². The Labute approximate surface area is 189 Å². The van der Waals surface area contributed by atoms with Gasteiger partial charge in [0.15, 0.2) is 0 Å². The lowest BCUT2D eigenvalue weighted by atomic mass is 9.89. The van der Waals surface area contributed by atoms with Gasteiger partial charge in [-0.2, -0.15) is 0 Å². The zero-order valence-electron chi connectivity index (χ0n) is 17.7. The van der Waals surface area contributed by atoms with Crippen molar-refractivity contribution >= 4 is 23.4 Å². The molecule has 0 bridgehead atoms. The van der Waals surface area contributed by atoms with Crippen LogP contribution in [0.25, 0.3) is 0 Å². The van der Waals surface area contributed by atoms with Crippen molar-refractivity contribution in [2.75, 3.05) is 26.2 Å². The second-order valence-corrected chi connectivity index (χ2v) is 9.10. The van der Waals surface area contributed by atoms with Crippen LogP contribution < -0.4 is 10.6 Å². The molecule has 4 rings (SSSR count). The summed E-state index contributed by atoms with van der Waals surface area (Å²) in [5.41, 5.74) is 2.42. The van der Waals surface area contributed by atoms with E-state index in [4.69, 9.17) is 11.6 Å². The number of hydrogen-bond acceptors (Lipinski definition) is 3. The van der Waals surface area contributed by atoms with Gasteiger partial charge in [0.1, 0.15) is 0 Å². The predicted octanol–water partition coefficient (Wildman–Crippen LogP) is 3.38. The Hall–Kier alpha value is -2.37. The first kappa shape index (κ1) is 21.8. The largest absolute Gasteiger partial charge is 0.352 e. The number of piperidine rings is 1. The maximum absolute atomic E-state index is 13.1. The average Bonchev–Trinajstić information content (AvgIpc) is 2.75. The molecule has 2 saturated heterocycles. The van der Waals surface area contributed by atoms with Crippen LogP contribution >= 0.6 is 11.6 Å². The molecule has 0 saturated carbocycles. The Morgan fingerprint density at radius 3 is 2.32 bits per heavy atom. The van der Waals surface area contributed by atoms with Gasteiger partial charge < -0.3 is 15.5 Å². The van der Waals surface area contributed by atoms with Crippen LogP contribution in [-0.2, 0) is 16.0 Å². The Morgan fingerprint density at radius 1 is 1.03 bits per heavy atom. The van der Waals surface area contributed by atoms with Crippen molar-refractivity contribution in [1.29, 1.82) is 0 Å². The highest BCUT2D eigenvalue weighted by Gasteiger charge is 2.29. The van der Waals surface area contributed by atoms with Gasteiger partial charge in [-0.15, -0.1) is 0 Å². The maximum Gasteiger partial charge on any atom is 0.225 e. The SMILES string of the molecule is O=C(N[C@H](CC(=O)N1CCC(c2ccccc2)CC1)Cc1ccc(Cl)cc1)C1CNC1. The average molecular weight is 440 g/mol. The third kappa shape index (κ3) is 5.86. The molecule has 0 aromatic heterocycles. The Bertz CT molecular complexity index is 875. The van der Waals surface area contributed by atoms with Crippen LogP contribution in [0.1, 0.15) is 36.3 Å². The summed E-state index contributed by atoms with van der Waals surface area (Å²) in [5, 5.41) is 6.94. The van der Waals surface area contributed by atoms with Crippen LogP contribution in [0.5, 0.6) is 0 Å². The number of amides is 2. The van der Waals surface area contributed by atoms with Gasteiger partial charge in [-0.1, -0.05) is 54.1 Å². The molecule has 2 fully saturated rings. The van der Waals surface area contributed by atoms with Crippen molar-refractivity contribution < 1.29 is 9.59 Å². The fourth-order valence-electron chi connectivity index (χ4n) is 4.40. The summed E-state index contributed by atoms with van der Waals surface area (Å²) in [6, 6.07) is 18.0. The minimum atomic E-state index is -0.214. The molecule has 2 heterocycles. The highest BCUT2D eigenvalue weighted by molar-refractivity contribution is 6.30. The molecule has 0 radical (unpaired) electrons. The third-order valence-corrected chi connectivity index (χ3v) is 6.69. The molecule has 164 valence electrons. The summed E-state index contributed by atoms with van der Waals surface area (Å²) in [4.78, 5) is 27.6. The molecule has 2 aromatic carbocycles. The summed E-state index contributed by atoms with van der Waals surface area (Å²) >= 11 is 6.00. The number of hydrogen-bond donors (Lipinski definition) is 2. The normalized spacial score (nSPS) is 18.3. The number of nitrogens with zero attached hydrogens (tertiary/aromatic N) is 1. The maximum atomic E-state index is 13.1. The van der Waals surface area contributed by atoms with Crippen molar-refractivity contribution in [3.8, 4) is 0 Å². The van der Waals surface area contributed by atoms with Gasteiger partial charge in [-0.25, -0.2) is 0 Å². The summed E-state index contributed by atoms with van der Waals surface area (Å²) < 4.78 is 0. The van der Waals surface area contributed by atoms with Crippen molar-refractivity contribution in [2.24, 2.45) is 5.92 Å². The van der Waals surface area contributed by atoms with Crippen LogP contribution in [0.4, 0.5) is 0 Å². The highest BCUT2D eigenvalue weighted by Crippen LogP contribution is 2.28.